The van der Waals surface area contributed by atoms with Crippen molar-refractivity contribution in [2.45, 2.75) is 0 Å². The summed E-state index contributed by atoms with van der Waals surface area (Å²) < 4.78 is 38.2. The van der Waals surface area contributed by atoms with Crippen LogP contribution in [0.25, 0.3) is 0 Å². The first-order valence-electron chi connectivity index (χ1n) is 6.16. The van der Waals surface area contributed by atoms with E-state index < -0.39 is 17.4 Å². The molecule has 0 saturated heterocycles. The minimum absolute atomic E-state index is 0.184. The molecule has 0 spiro atoms. The van der Waals surface area contributed by atoms with E-state index in [2.05, 4.69) is 15.9 Å². The van der Waals surface area contributed by atoms with Gasteiger partial charge in [0.25, 0.3) is 0 Å². The van der Waals surface area contributed by atoms with Crippen LogP contribution in [0.15, 0.2) is 34.8 Å². The summed E-state index contributed by atoms with van der Waals surface area (Å²) in [5, 5.41) is 0. The molecule has 1 heterocycles. The molecule has 0 atom stereocenters. The smallest absolute Gasteiger partial charge is 0.197 e. The maximum Gasteiger partial charge on any atom is 0.197 e. The van der Waals surface area contributed by atoms with E-state index in [0.717, 1.165) is 6.07 Å². The summed E-state index contributed by atoms with van der Waals surface area (Å²) in [5.41, 5.74) is -0.142. The highest BCUT2D eigenvalue weighted by Gasteiger charge is 2.22. The standard InChI is InChI=1S/C15H9BrF2O3/c16-10-7-13-12(20-4-5-21-13)6-9(10)15(19)8-2-1-3-11(17)14(8)18/h1-3,6-7H,4-5H2. The monoisotopic (exact) mass is 354 g/mol. The lowest BCUT2D eigenvalue weighted by Crippen LogP contribution is -2.16. The van der Waals surface area contributed by atoms with Gasteiger partial charge in [-0.2, -0.15) is 0 Å². The van der Waals surface area contributed by atoms with Crippen molar-refractivity contribution in [2.24, 2.45) is 0 Å². The molecule has 0 saturated carbocycles. The highest BCUT2D eigenvalue weighted by molar-refractivity contribution is 9.10. The van der Waals surface area contributed by atoms with Gasteiger partial charge in [-0.05, 0) is 40.2 Å². The lowest BCUT2D eigenvalue weighted by Gasteiger charge is -2.19. The average Bonchev–Trinajstić information content (AvgIpc) is 2.48. The summed E-state index contributed by atoms with van der Waals surface area (Å²) in [6.07, 6.45) is 0. The van der Waals surface area contributed by atoms with Gasteiger partial charge in [0.1, 0.15) is 13.2 Å². The molecule has 0 bridgehead atoms. The van der Waals surface area contributed by atoms with E-state index in [1.165, 1.54) is 18.2 Å². The molecule has 2 aromatic rings. The zero-order valence-corrected chi connectivity index (χ0v) is 12.2. The molecular weight excluding hydrogens is 346 g/mol. The molecule has 1 aliphatic rings. The Morgan fingerprint density at radius 3 is 2.43 bits per heavy atom. The van der Waals surface area contributed by atoms with Crippen molar-refractivity contribution < 1.29 is 23.0 Å². The number of hydrogen-bond donors (Lipinski definition) is 0. The van der Waals surface area contributed by atoms with Gasteiger partial charge in [0, 0.05) is 10.0 Å². The van der Waals surface area contributed by atoms with Crippen LogP contribution in [0.2, 0.25) is 0 Å². The van der Waals surface area contributed by atoms with Gasteiger partial charge in [-0.15, -0.1) is 0 Å². The fourth-order valence-corrected chi connectivity index (χ4v) is 2.56. The molecule has 0 aliphatic carbocycles. The van der Waals surface area contributed by atoms with Crippen molar-refractivity contribution in [1.29, 1.82) is 0 Å². The molecule has 3 nitrogen and oxygen atoms in total. The maximum absolute atomic E-state index is 13.7. The van der Waals surface area contributed by atoms with Crippen molar-refractivity contribution in [1.82, 2.24) is 0 Å². The fraction of sp³-hybridized carbons (Fsp3) is 0.133. The lowest BCUT2D eigenvalue weighted by atomic mass is 10.0. The van der Waals surface area contributed by atoms with Crippen LogP contribution in [0.4, 0.5) is 8.78 Å². The summed E-state index contributed by atoms with van der Waals surface area (Å²) in [6, 6.07) is 6.54. The van der Waals surface area contributed by atoms with Crippen LogP contribution < -0.4 is 9.47 Å². The summed E-state index contributed by atoms with van der Waals surface area (Å²) in [4.78, 5) is 12.4. The molecule has 3 rings (SSSR count). The van der Waals surface area contributed by atoms with E-state index >= 15 is 0 Å². The molecule has 108 valence electrons. The molecular formula is C15H9BrF2O3. The average molecular weight is 355 g/mol. The number of fused-ring (bicyclic) bond motifs is 1. The normalized spacial score (nSPS) is 13.1. The van der Waals surface area contributed by atoms with Gasteiger partial charge in [0.15, 0.2) is 28.9 Å². The van der Waals surface area contributed by atoms with Gasteiger partial charge < -0.3 is 9.47 Å². The molecule has 0 N–H and O–H groups in total. The van der Waals surface area contributed by atoms with Gasteiger partial charge in [-0.3, -0.25) is 4.79 Å². The Kier molecular flexibility index (Phi) is 3.63. The number of carbonyl (C=O) groups excluding carboxylic acids is 1. The molecule has 0 fully saturated rings. The van der Waals surface area contributed by atoms with E-state index in [0.29, 0.717) is 29.2 Å². The van der Waals surface area contributed by atoms with Crippen molar-refractivity contribution >= 4 is 21.7 Å². The van der Waals surface area contributed by atoms with E-state index in [1.54, 1.807) is 6.07 Å². The summed E-state index contributed by atoms with van der Waals surface area (Å²) in [5.74, 6) is -1.94. The molecule has 1 aliphatic heterocycles. The second kappa shape index (κ2) is 5.44. The predicted octanol–water partition coefficient (Wildman–Crippen LogP) is 3.73. The number of halogens is 3. The molecule has 0 unspecified atom stereocenters. The van der Waals surface area contributed by atoms with Gasteiger partial charge >= 0.3 is 0 Å². The Bertz CT molecular complexity index is 731. The van der Waals surface area contributed by atoms with Crippen LogP contribution in [0.1, 0.15) is 15.9 Å². The lowest BCUT2D eigenvalue weighted by molar-refractivity contribution is 0.103. The Morgan fingerprint density at radius 1 is 1.05 bits per heavy atom. The molecule has 0 aromatic heterocycles. The zero-order valence-electron chi connectivity index (χ0n) is 10.7. The topological polar surface area (TPSA) is 35.5 Å². The van der Waals surface area contributed by atoms with E-state index in [-0.39, 0.29) is 11.1 Å². The minimum Gasteiger partial charge on any atom is -0.486 e. The first-order chi connectivity index (χ1) is 10.1. The Balaban J connectivity index is 2.07. The number of rotatable bonds is 2. The van der Waals surface area contributed by atoms with Gasteiger partial charge in [0.05, 0.1) is 5.56 Å². The van der Waals surface area contributed by atoms with Crippen molar-refractivity contribution in [3.63, 3.8) is 0 Å². The van der Waals surface area contributed by atoms with Crippen molar-refractivity contribution in [3.8, 4) is 11.5 Å². The van der Waals surface area contributed by atoms with E-state index in [4.69, 9.17) is 9.47 Å². The maximum atomic E-state index is 13.7. The van der Waals surface area contributed by atoms with E-state index in [9.17, 15) is 13.6 Å². The molecule has 0 amide bonds. The summed E-state index contributed by atoms with van der Waals surface area (Å²) in [6.45, 7) is 0.793. The number of ether oxygens (including phenoxy) is 2. The number of ketones is 1. The third kappa shape index (κ3) is 2.51. The summed E-state index contributed by atoms with van der Waals surface area (Å²) in [7, 11) is 0. The van der Waals surface area contributed by atoms with Crippen molar-refractivity contribution in [3.05, 3.63) is 57.6 Å². The second-order valence-corrected chi connectivity index (χ2v) is 5.26. The minimum atomic E-state index is -1.16. The van der Waals surface area contributed by atoms with Crippen LogP contribution in [-0.2, 0) is 0 Å². The highest BCUT2D eigenvalue weighted by atomic mass is 79.9. The van der Waals surface area contributed by atoms with Crippen LogP contribution in [0, 0.1) is 11.6 Å². The molecule has 0 radical (unpaired) electrons. The Hall–Kier alpha value is -1.95. The van der Waals surface area contributed by atoms with Crippen molar-refractivity contribution in [2.75, 3.05) is 13.2 Å². The largest absolute Gasteiger partial charge is 0.486 e. The Morgan fingerprint density at radius 2 is 1.71 bits per heavy atom. The van der Waals surface area contributed by atoms with Crippen LogP contribution in [-0.4, -0.2) is 19.0 Å². The van der Waals surface area contributed by atoms with Gasteiger partial charge in [-0.1, -0.05) is 6.07 Å². The van der Waals surface area contributed by atoms with Gasteiger partial charge in [-0.25, -0.2) is 8.78 Å². The van der Waals surface area contributed by atoms with Gasteiger partial charge in [0.2, 0.25) is 0 Å². The molecule has 6 heteroatoms. The Labute approximate surface area is 127 Å². The summed E-state index contributed by atoms with van der Waals surface area (Å²) >= 11 is 3.24. The number of benzene rings is 2. The third-order valence-electron chi connectivity index (χ3n) is 3.07. The quantitative estimate of drug-likeness (QED) is 0.771. The van der Waals surface area contributed by atoms with Crippen LogP contribution >= 0.6 is 15.9 Å². The second-order valence-electron chi connectivity index (χ2n) is 4.41. The first-order valence-corrected chi connectivity index (χ1v) is 6.95. The van der Waals surface area contributed by atoms with Crippen LogP contribution in [0.5, 0.6) is 11.5 Å². The predicted molar refractivity (Wildman–Crippen MR) is 74.9 cm³/mol. The first kappa shape index (κ1) is 14.0. The number of carbonyl (C=O) groups is 1. The third-order valence-corrected chi connectivity index (χ3v) is 3.73. The molecule has 2 aromatic carbocycles. The van der Waals surface area contributed by atoms with Crippen LogP contribution in [0.3, 0.4) is 0 Å². The highest BCUT2D eigenvalue weighted by Crippen LogP contribution is 2.36. The number of hydrogen-bond acceptors (Lipinski definition) is 3. The SMILES string of the molecule is O=C(c1cc2c(cc1Br)OCCO2)c1cccc(F)c1F. The molecule has 21 heavy (non-hydrogen) atoms. The zero-order chi connectivity index (χ0) is 15.0. The van der Waals surface area contributed by atoms with E-state index in [1.807, 2.05) is 0 Å². The fourth-order valence-electron chi connectivity index (χ4n) is 2.06.